The molecule has 0 radical (unpaired) electrons. The standard InChI is InChI=1S/C23H18N2O4/c1-15(18-13-17-5-2-3-6-20(17)24-14-18)29-23(27)16-8-10-19(11-9-16)25-22(26)21-7-4-12-28-21/h2-15H,1H3,(H,25,26). The molecule has 0 aliphatic heterocycles. The van der Waals surface area contributed by atoms with Gasteiger partial charge in [-0.25, -0.2) is 4.79 Å². The minimum absolute atomic E-state index is 0.214. The van der Waals surface area contributed by atoms with E-state index in [1.807, 2.05) is 37.3 Å². The lowest BCUT2D eigenvalue weighted by Crippen LogP contribution is -2.12. The summed E-state index contributed by atoms with van der Waals surface area (Å²) in [5.74, 6) is -0.594. The number of aromatic nitrogens is 1. The van der Waals surface area contributed by atoms with Gasteiger partial charge in [-0.15, -0.1) is 0 Å². The van der Waals surface area contributed by atoms with Gasteiger partial charge >= 0.3 is 5.97 Å². The summed E-state index contributed by atoms with van der Waals surface area (Å²) in [6, 6.07) is 19.4. The maximum Gasteiger partial charge on any atom is 0.338 e. The van der Waals surface area contributed by atoms with Crippen LogP contribution in [0.1, 0.15) is 39.5 Å². The van der Waals surface area contributed by atoms with Gasteiger partial charge in [0.15, 0.2) is 5.76 Å². The summed E-state index contributed by atoms with van der Waals surface area (Å²) in [5.41, 5.74) is 2.65. The number of amides is 1. The summed E-state index contributed by atoms with van der Waals surface area (Å²) >= 11 is 0. The molecule has 0 saturated carbocycles. The van der Waals surface area contributed by atoms with E-state index in [2.05, 4.69) is 10.3 Å². The van der Waals surface area contributed by atoms with Crippen LogP contribution in [0.25, 0.3) is 10.9 Å². The molecule has 1 unspecified atom stereocenters. The van der Waals surface area contributed by atoms with Gasteiger partial charge in [0.05, 0.1) is 17.3 Å². The van der Waals surface area contributed by atoms with Gasteiger partial charge in [-0.2, -0.15) is 0 Å². The molecule has 2 heterocycles. The number of hydrogen-bond donors (Lipinski definition) is 1. The molecule has 29 heavy (non-hydrogen) atoms. The number of furan rings is 1. The third-order valence-corrected chi connectivity index (χ3v) is 4.49. The Bertz CT molecular complexity index is 1150. The lowest BCUT2D eigenvalue weighted by Gasteiger charge is -2.14. The summed E-state index contributed by atoms with van der Waals surface area (Å²) < 4.78 is 10.6. The van der Waals surface area contributed by atoms with Crippen molar-refractivity contribution < 1.29 is 18.7 Å². The third-order valence-electron chi connectivity index (χ3n) is 4.49. The molecule has 6 heteroatoms. The SMILES string of the molecule is CC(OC(=O)c1ccc(NC(=O)c2ccco2)cc1)c1cnc2ccccc2c1. The van der Waals surface area contributed by atoms with Crippen LogP contribution in [0.4, 0.5) is 5.69 Å². The highest BCUT2D eigenvalue weighted by Crippen LogP contribution is 2.22. The van der Waals surface area contributed by atoms with Crippen molar-refractivity contribution in [2.24, 2.45) is 0 Å². The highest BCUT2D eigenvalue weighted by Gasteiger charge is 2.15. The summed E-state index contributed by atoms with van der Waals surface area (Å²) in [6.07, 6.45) is 2.70. The van der Waals surface area contributed by atoms with Gasteiger partial charge in [-0.1, -0.05) is 18.2 Å². The first kappa shape index (κ1) is 18.4. The highest BCUT2D eigenvalue weighted by atomic mass is 16.5. The van der Waals surface area contributed by atoms with Gasteiger partial charge in [0, 0.05) is 22.8 Å². The van der Waals surface area contributed by atoms with Crippen LogP contribution >= 0.6 is 0 Å². The minimum atomic E-state index is -0.449. The molecule has 144 valence electrons. The summed E-state index contributed by atoms with van der Waals surface area (Å²) in [5, 5.41) is 3.69. The first-order valence-electron chi connectivity index (χ1n) is 9.11. The van der Waals surface area contributed by atoms with E-state index in [4.69, 9.17) is 9.15 Å². The average molecular weight is 386 g/mol. The van der Waals surface area contributed by atoms with Crippen LogP contribution in [0.15, 0.2) is 83.6 Å². The number of para-hydroxylation sites is 1. The number of nitrogens with one attached hydrogen (secondary N) is 1. The molecule has 1 atom stereocenters. The fourth-order valence-electron chi connectivity index (χ4n) is 2.90. The molecule has 1 N–H and O–H groups in total. The Morgan fingerprint density at radius 2 is 1.83 bits per heavy atom. The smallest absolute Gasteiger partial charge is 0.338 e. The number of hydrogen-bond acceptors (Lipinski definition) is 5. The zero-order valence-electron chi connectivity index (χ0n) is 15.7. The molecule has 4 rings (SSSR count). The number of ether oxygens (including phenoxy) is 1. The zero-order chi connectivity index (χ0) is 20.2. The maximum atomic E-state index is 12.5. The Labute approximate surface area is 167 Å². The summed E-state index contributed by atoms with van der Waals surface area (Å²) in [7, 11) is 0. The van der Waals surface area contributed by atoms with E-state index in [0.717, 1.165) is 16.5 Å². The maximum absolute atomic E-state index is 12.5. The molecule has 2 aromatic heterocycles. The van der Waals surface area contributed by atoms with E-state index in [1.54, 1.807) is 42.6 Å². The van der Waals surface area contributed by atoms with E-state index in [0.29, 0.717) is 11.3 Å². The van der Waals surface area contributed by atoms with Gasteiger partial charge < -0.3 is 14.5 Å². The number of esters is 1. The van der Waals surface area contributed by atoms with Crippen molar-refractivity contribution in [3.8, 4) is 0 Å². The number of rotatable bonds is 5. The van der Waals surface area contributed by atoms with Gasteiger partial charge in [-0.05, 0) is 55.5 Å². The van der Waals surface area contributed by atoms with E-state index in [-0.39, 0.29) is 11.7 Å². The van der Waals surface area contributed by atoms with E-state index in [9.17, 15) is 9.59 Å². The molecular weight excluding hydrogens is 368 g/mol. The summed E-state index contributed by atoms with van der Waals surface area (Å²) in [6.45, 7) is 1.81. The monoisotopic (exact) mass is 386 g/mol. The number of anilines is 1. The Kier molecular flexibility index (Phi) is 5.07. The molecular formula is C23H18N2O4. The molecule has 2 aromatic carbocycles. The van der Waals surface area contributed by atoms with Gasteiger partial charge in [0.1, 0.15) is 6.10 Å². The molecule has 1 amide bonds. The average Bonchev–Trinajstić information content (AvgIpc) is 3.29. The van der Waals surface area contributed by atoms with Gasteiger partial charge in [-0.3, -0.25) is 9.78 Å². The highest BCUT2D eigenvalue weighted by molar-refractivity contribution is 6.02. The third kappa shape index (κ3) is 4.16. The van der Waals surface area contributed by atoms with Crippen LogP contribution in [-0.4, -0.2) is 16.9 Å². The molecule has 4 aromatic rings. The zero-order valence-corrected chi connectivity index (χ0v) is 15.7. The van der Waals surface area contributed by atoms with Crippen molar-refractivity contribution in [3.05, 3.63) is 96.1 Å². The molecule has 0 aliphatic carbocycles. The van der Waals surface area contributed by atoms with Gasteiger partial charge in [0.2, 0.25) is 0 Å². The van der Waals surface area contributed by atoms with Gasteiger partial charge in [0.25, 0.3) is 5.91 Å². The van der Waals surface area contributed by atoms with E-state index >= 15 is 0 Å². The number of carbonyl (C=O) groups is 2. The second-order valence-corrected chi connectivity index (χ2v) is 6.52. The Morgan fingerprint density at radius 3 is 2.59 bits per heavy atom. The fraction of sp³-hybridized carbons (Fsp3) is 0.0870. The number of nitrogens with zero attached hydrogens (tertiary/aromatic N) is 1. The Balaban J connectivity index is 1.41. The molecule has 6 nitrogen and oxygen atoms in total. The number of benzene rings is 2. The van der Waals surface area contributed by atoms with Crippen LogP contribution in [0.3, 0.4) is 0 Å². The van der Waals surface area contributed by atoms with Crippen LogP contribution < -0.4 is 5.32 Å². The molecule has 0 saturated heterocycles. The predicted octanol–water partition coefficient (Wildman–Crippen LogP) is 5.00. The second-order valence-electron chi connectivity index (χ2n) is 6.52. The van der Waals surface area contributed by atoms with Crippen LogP contribution in [0.5, 0.6) is 0 Å². The topological polar surface area (TPSA) is 81.4 Å². The number of fused-ring (bicyclic) bond motifs is 1. The largest absolute Gasteiger partial charge is 0.459 e. The van der Waals surface area contributed by atoms with E-state index in [1.165, 1.54) is 6.26 Å². The number of pyridine rings is 1. The van der Waals surface area contributed by atoms with Crippen molar-refractivity contribution in [1.82, 2.24) is 4.98 Å². The quantitative estimate of drug-likeness (QED) is 0.488. The van der Waals surface area contributed by atoms with Crippen LogP contribution in [0, 0.1) is 0 Å². The van der Waals surface area contributed by atoms with Crippen molar-refractivity contribution in [2.75, 3.05) is 5.32 Å². The van der Waals surface area contributed by atoms with Crippen molar-refractivity contribution in [2.45, 2.75) is 13.0 Å². The predicted molar refractivity (Wildman–Crippen MR) is 109 cm³/mol. The normalized spacial score (nSPS) is 11.8. The molecule has 0 spiro atoms. The fourth-order valence-corrected chi connectivity index (χ4v) is 2.90. The van der Waals surface area contributed by atoms with E-state index < -0.39 is 12.1 Å². The summed E-state index contributed by atoms with van der Waals surface area (Å²) in [4.78, 5) is 28.9. The lowest BCUT2D eigenvalue weighted by atomic mass is 10.1. The lowest BCUT2D eigenvalue weighted by molar-refractivity contribution is 0.0337. The molecule has 0 fully saturated rings. The van der Waals surface area contributed by atoms with Crippen molar-refractivity contribution in [1.29, 1.82) is 0 Å². The Hall–Kier alpha value is -3.93. The van der Waals surface area contributed by atoms with Crippen LogP contribution in [0.2, 0.25) is 0 Å². The molecule has 0 aliphatic rings. The van der Waals surface area contributed by atoms with Crippen molar-refractivity contribution >= 4 is 28.5 Å². The first-order valence-corrected chi connectivity index (χ1v) is 9.11. The molecule has 0 bridgehead atoms. The van der Waals surface area contributed by atoms with Crippen molar-refractivity contribution in [3.63, 3.8) is 0 Å². The number of carbonyl (C=O) groups excluding carboxylic acids is 2. The second kappa shape index (κ2) is 7.98. The minimum Gasteiger partial charge on any atom is -0.459 e. The Morgan fingerprint density at radius 1 is 1.03 bits per heavy atom. The van der Waals surface area contributed by atoms with Crippen LogP contribution in [-0.2, 0) is 4.74 Å². The first-order chi connectivity index (χ1) is 14.1.